The number of nitrogen functional groups attached to an aromatic ring is 2. The molecule has 0 bridgehead atoms. The molecule has 0 unspecified atom stereocenters. The van der Waals surface area contributed by atoms with E-state index in [1.165, 1.54) is 9.80 Å². The van der Waals surface area contributed by atoms with Gasteiger partial charge in [0.05, 0.1) is 33.6 Å². The number of benzene rings is 7. The van der Waals surface area contributed by atoms with Crippen molar-refractivity contribution in [2.24, 2.45) is 0 Å². The van der Waals surface area contributed by atoms with E-state index >= 15 is 0 Å². The van der Waals surface area contributed by atoms with Gasteiger partial charge in [0.25, 0.3) is 23.6 Å². The Hall–Kier alpha value is -7.58. The molecule has 0 aromatic heterocycles. The van der Waals surface area contributed by atoms with Crippen LogP contribution in [0.3, 0.4) is 0 Å². The highest BCUT2D eigenvalue weighted by Crippen LogP contribution is 2.38. The molecule has 2 heterocycles. The lowest BCUT2D eigenvalue weighted by Crippen LogP contribution is -2.29. The number of carbonyl (C=O) groups is 4. The van der Waals surface area contributed by atoms with Crippen LogP contribution in [0.4, 0.5) is 22.7 Å². The van der Waals surface area contributed by atoms with E-state index in [1.54, 1.807) is 72.8 Å². The minimum Gasteiger partial charge on any atom is -0.399 e. The second-order valence-electron chi connectivity index (χ2n) is 13.3. The van der Waals surface area contributed by atoms with Crippen LogP contribution in [0.1, 0.15) is 41.4 Å². The highest BCUT2D eigenvalue weighted by Gasteiger charge is 2.38. The molecule has 7 aromatic carbocycles. The fraction of sp³-hybridized carbons (Fsp3) is 0. The molecule has 0 radical (unpaired) electrons. The third-order valence-corrected chi connectivity index (χ3v) is 10.1. The molecule has 0 spiro atoms. The van der Waals surface area contributed by atoms with Gasteiger partial charge in [-0.1, -0.05) is 84.9 Å². The van der Waals surface area contributed by atoms with Crippen LogP contribution in [0.15, 0.2) is 158 Å². The molecule has 8 heteroatoms. The minimum absolute atomic E-state index is 0.358. The van der Waals surface area contributed by atoms with E-state index in [9.17, 15) is 19.2 Å². The van der Waals surface area contributed by atoms with Crippen molar-refractivity contribution in [3.63, 3.8) is 0 Å². The van der Waals surface area contributed by atoms with Crippen molar-refractivity contribution < 1.29 is 19.2 Å². The predicted molar refractivity (Wildman–Crippen MR) is 212 cm³/mol. The molecule has 7 aromatic rings. The summed E-state index contributed by atoms with van der Waals surface area (Å²) in [4.78, 5) is 56.5. The zero-order valence-corrected chi connectivity index (χ0v) is 28.7. The summed E-state index contributed by atoms with van der Waals surface area (Å²) in [5, 5.41) is 0. The molecule has 0 atom stereocenters. The Labute approximate surface area is 310 Å². The van der Waals surface area contributed by atoms with E-state index in [0.29, 0.717) is 45.0 Å². The maximum absolute atomic E-state index is 13.6. The summed E-state index contributed by atoms with van der Waals surface area (Å²) in [6.07, 6.45) is 0. The van der Waals surface area contributed by atoms with Crippen molar-refractivity contribution in [2.75, 3.05) is 21.3 Å². The van der Waals surface area contributed by atoms with Gasteiger partial charge in [-0.2, -0.15) is 0 Å². The third-order valence-electron chi connectivity index (χ3n) is 10.1. The standard InChI is InChI=1S/C46H30N4O4/c47-33-15-5-27(6-16-33)31-13-23-39-41(25-31)45(53)49(43(39)51)35-19-9-29(10-20-35)37-3-1-2-4-38(37)30-11-21-36(22-12-30)50-44(52)40-24-14-32(26-42(40)46(50)54)28-7-17-34(48)18-8-28/h1-26H,47-48H2. The van der Waals surface area contributed by atoms with E-state index in [1.807, 2.05) is 84.9 Å². The van der Waals surface area contributed by atoms with Crippen LogP contribution in [0.5, 0.6) is 0 Å². The van der Waals surface area contributed by atoms with Gasteiger partial charge in [0.1, 0.15) is 0 Å². The Balaban J connectivity index is 0.957. The van der Waals surface area contributed by atoms with Gasteiger partial charge in [0.15, 0.2) is 0 Å². The number of hydrogen-bond acceptors (Lipinski definition) is 6. The predicted octanol–water partition coefficient (Wildman–Crippen LogP) is 9.12. The first kappa shape index (κ1) is 32.3. The zero-order valence-electron chi connectivity index (χ0n) is 28.7. The van der Waals surface area contributed by atoms with E-state index in [2.05, 4.69) is 0 Å². The number of imide groups is 2. The van der Waals surface area contributed by atoms with Gasteiger partial charge in [-0.25, -0.2) is 9.80 Å². The number of nitrogens with zero attached hydrogens (tertiary/aromatic N) is 2. The van der Waals surface area contributed by atoms with Crippen molar-refractivity contribution in [2.45, 2.75) is 0 Å². The highest BCUT2D eigenvalue weighted by molar-refractivity contribution is 6.35. The second kappa shape index (κ2) is 12.6. The van der Waals surface area contributed by atoms with Crippen LogP contribution >= 0.6 is 0 Å². The van der Waals surface area contributed by atoms with E-state index < -0.39 is 0 Å². The van der Waals surface area contributed by atoms with Crippen molar-refractivity contribution in [3.8, 4) is 44.5 Å². The largest absolute Gasteiger partial charge is 0.399 e. The molecular formula is C46H30N4O4. The van der Waals surface area contributed by atoms with Crippen LogP contribution in [-0.4, -0.2) is 23.6 Å². The Bertz CT molecular complexity index is 2500. The molecule has 0 saturated carbocycles. The molecule has 4 N–H and O–H groups in total. The van der Waals surface area contributed by atoms with Crippen molar-refractivity contribution in [1.82, 2.24) is 0 Å². The monoisotopic (exact) mass is 702 g/mol. The number of carbonyl (C=O) groups excluding carboxylic acids is 4. The van der Waals surface area contributed by atoms with Crippen molar-refractivity contribution in [1.29, 1.82) is 0 Å². The van der Waals surface area contributed by atoms with E-state index in [4.69, 9.17) is 11.5 Å². The van der Waals surface area contributed by atoms with Gasteiger partial charge in [0, 0.05) is 11.4 Å². The molecule has 2 aliphatic rings. The van der Waals surface area contributed by atoms with Gasteiger partial charge in [0.2, 0.25) is 0 Å². The molecule has 0 fully saturated rings. The number of nitrogens with two attached hydrogens (primary N) is 2. The number of anilines is 4. The molecule has 8 nitrogen and oxygen atoms in total. The first-order valence-corrected chi connectivity index (χ1v) is 17.3. The van der Waals surface area contributed by atoms with E-state index in [-0.39, 0.29) is 23.6 Å². The van der Waals surface area contributed by atoms with Crippen LogP contribution in [0.2, 0.25) is 0 Å². The van der Waals surface area contributed by atoms with Gasteiger partial charge in [-0.05, 0) is 117 Å². The second-order valence-corrected chi connectivity index (χ2v) is 13.3. The fourth-order valence-electron chi connectivity index (χ4n) is 7.23. The lowest BCUT2D eigenvalue weighted by Gasteiger charge is -2.17. The fourth-order valence-corrected chi connectivity index (χ4v) is 7.23. The van der Waals surface area contributed by atoms with Crippen LogP contribution in [0, 0.1) is 0 Å². The van der Waals surface area contributed by atoms with Gasteiger partial charge < -0.3 is 11.5 Å². The summed E-state index contributed by atoms with van der Waals surface area (Å²) < 4.78 is 0. The van der Waals surface area contributed by atoms with Crippen molar-refractivity contribution in [3.05, 3.63) is 180 Å². The lowest BCUT2D eigenvalue weighted by atomic mass is 9.94. The Morgan fingerprint density at radius 1 is 0.296 bits per heavy atom. The number of hydrogen-bond donors (Lipinski definition) is 2. The third kappa shape index (κ3) is 5.32. The highest BCUT2D eigenvalue weighted by atomic mass is 16.2. The maximum Gasteiger partial charge on any atom is 0.266 e. The Kier molecular flexibility index (Phi) is 7.53. The molecule has 0 aliphatic carbocycles. The first-order valence-electron chi connectivity index (χ1n) is 17.3. The SMILES string of the molecule is Nc1ccc(-c2ccc3c(c2)C(=O)N(c2ccc(-c4ccccc4-c4ccc(N5C(=O)c6ccc(-c7ccc(N)cc7)cc6C5=O)cc4)cc2)C3=O)cc1. The summed E-state index contributed by atoms with van der Waals surface area (Å²) >= 11 is 0. The van der Waals surface area contributed by atoms with Crippen LogP contribution in [0.25, 0.3) is 44.5 Å². The molecular weight excluding hydrogens is 673 g/mol. The summed E-state index contributed by atoms with van der Waals surface area (Å²) in [7, 11) is 0. The average Bonchev–Trinajstić information content (AvgIpc) is 3.61. The topological polar surface area (TPSA) is 127 Å². The molecule has 258 valence electrons. The average molecular weight is 703 g/mol. The molecule has 9 rings (SSSR count). The molecule has 0 saturated heterocycles. The number of fused-ring (bicyclic) bond motifs is 2. The van der Waals surface area contributed by atoms with Crippen LogP contribution in [-0.2, 0) is 0 Å². The molecule has 4 amide bonds. The lowest BCUT2D eigenvalue weighted by molar-refractivity contribution is 0.0910. The Morgan fingerprint density at radius 2 is 0.611 bits per heavy atom. The summed E-state index contributed by atoms with van der Waals surface area (Å²) in [5.41, 5.74) is 22.4. The zero-order chi connectivity index (χ0) is 37.1. The summed E-state index contributed by atoms with van der Waals surface area (Å²) in [6.45, 7) is 0. The maximum atomic E-state index is 13.6. The quantitative estimate of drug-likeness (QED) is 0.132. The van der Waals surface area contributed by atoms with Gasteiger partial charge in [-0.3, -0.25) is 19.2 Å². The smallest absolute Gasteiger partial charge is 0.266 e. The Morgan fingerprint density at radius 3 is 0.981 bits per heavy atom. The normalized spacial score (nSPS) is 13.4. The number of rotatable bonds is 6. The van der Waals surface area contributed by atoms with Gasteiger partial charge in [-0.15, -0.1) is 0 Å². The summed E-state index contributed by atoms with van der Waals surface area (Å²) in [6, 6.07) is 47.9. The summed E-state index contributed by atoms with van der Waals surface area (Å²) in [5.74, 6) is -1.48. The minimum atomic E-state index is -0.374. The number of amides is 4. The van der Waals surface area contributed by atoms with Gasteiger partial charge >= 0.3 is 0 Å². The first-order chi connectivity index (χ1) is 26.2. The molecule has 54 heavy (non-hydrogen) atoms. The van der Waals surface area contributed by atoms with E-state index in [0.717, 1.165) is 44.5 Å². The molecule has 2 aliphatic heterocycles. The van der Waals surface area contributed by atoms with Crippen LogP contribution < -0.4 is 21.3 Å². The van der Waals surface area contributed by atoms with Crippen molar-refractivity contribution >= 4 is 46.4 Å².